The van der Waals surface area contributed by atoms with Gasteiger partial charge in [0.2, 0.25) is 0 Å². The number of nitrogens with zero attached hydrogens (tertiary/aromatic N) is 3. The van der Waals surface area contributed by atoms with E-state index < -0.39 is 9.84 Å². The van der Waals surface area contributed by atoms with Crippen LogP contribution in [-0.2, 0) is 9.84 Å². The average Bonchev–Trinajstić information content (AvgIpc) is 3.51. The van der Waals surface area contributed by atoms with Crippen LogP contribution in [0.25, 0.3) is 26.5 Å². The van der Waals surface area contributed by atoms with Gasteiger partial charge in [0.15, 0.2) is 15.0 Å². The summed E-state index contributed by atoms with van der Waals surface area (Å²) in [6, 6.07) is 19.8. The fraction of sp³-hybridized carbons (Fsp3) is 0.0455. The maximum atomic E-state index is 13.2. The Morgan fingerprint density at radius 3 is 2.56 bits per heavy atom. The van der Waals surface area contributed by atoms with Crippen LogP contribution in [-0.4, -0.2) is 35.3 Å². The Balaban J connectivity index is 1.51. The Morgan fingerprint density at radius 2 is 1.84 bits per heavy atom. The molecular formula is C22H16N4O3S3. The first kappa shape index (κ1) is 20.6. The van der Waals surface area contributed by atoms with Gasteiger partial charge in [-0.1, -0.05) is 35.6 Å². The molecule has 32 heavy (non-hydrogen) atoms. The molecule has 10 heteroatoms. The highest BCUT2D eigenvalue weighted by Gasteiger charge is 2.20. The third kappa shape index (κ3) is 3.95. The van der Waals surface area contributed by atoms with Crippen LogP contribution in [0.4, 0.5) is 5.13 Å². The number of amides is 1. The third-order valence-electron chi connectivity index (χ3n) is 4.72. The first-order valence-corrected chi connectivity index (χ1v) is 13.1. The molecule has 3 aromatic heterocycles. The van der Waals surface area contributed by atoms with E-state index in [1.807, 2.05) is 47.8 Å². The first-order valence-electron chi connectivity index (χ1n) is 9.50. The van der Waals surface area contributed by atoms with Crippen molar-refractivity contribution in [2.75, 3.05) is 11.6 Å². The summed E-state index contributed by atoms with van der Waals surface area (Å²) in [5.41, 5.74) is 2.46. The van der Waals surface area contributed by atoms with Crippen LogP contribution in [0.5, 0.6) is 0 Å². The summed E-state index contributed by atoms with van der Waals surface area (Å²) in [6.07, 6.45) is 1.16. The van der Waals surface area contributed by atoms with Crippen LogP contribution in [0.15, 0.2) is 77.0 Å². The fourth-order valence-corrected chi connectivity index (χ4v) is 5.51. The van der Waals surface area contributed by atoms with E-state index in [1.165, 1.54) is 17.4 Å². The predicted molar refractivity (Wildman–Crippen MR) is 128 cm³/mol. The lowest BCUT2D eigenvalue weighted by molar-refractivity contribution is 0.101. The molecule has 0 aliphatic rings. The number of carbonyl (C=O) groups excluding carboxylic acids is 1. The quantitative estimate of drug-likeness (QED) is 0.387. The van der Waals surface area contributed by atoms with Crippen molar-refractivity contribution < 1.29 is 13.2 Å². The Hall–Kier alpha value is -3.34. The van der Waals surface area contributed by atoms with Gasteiger partial charge in [0, 0.05) is 6.26 Å². The zero-order valence-electron chi connectivity index (χ0n) is 16.7. The molecule has 160 valence electrons. The number of fused-ring (bicyclic) bond motifs is 1. The second-order valence-electron chi connectivity index (χ2n) is 7.01. The summed E-state index contributed by atoms with van der Waals surface area (Å²) in [6.45, 7) is 0. The van der Waals surface area contributed by atoms with Crippen LogP contribution < -0.4 is 5.32 Å². The molecule has 0 spiro atoms. The largest absolute Gasteiger partial charge is 0.296 e. The van der Waals surface area contributed by atoms with Crippen molar-refractivity contribution in [2.24, 2.45) is 0 Å². The number of thiazole rings is 1. The Morgan fingerprint density at radius 1 is 1.03 bits per heavy atom. The molecule has 0 bridgehead atoms. The Labute approximate surface area is 191 Å². The van der Waals surface area contributed by atoms with Gasteiger partial charge < -0.3 is 0 Å². The molecule has 0 fully saturated rings. The highest BCUT2D eigenvalue weighted by molar-refractivity contribution is 7.90. The molecule has 0 unspecified atom stereocenters. The second-order valence-corrected chi connectivity index (χ2v) is 11.0. The highest BCUT2D eigenvalue weighted by Crippen LogP contribution is 2.30. The second kappa shape index (κ2) is 7.97. The average molecular weight is 481 g/mol. The van der Waals surface area contributed by atoms with Gasteiger partial charge in [-0.15, -0.1) is 11.3 Å². The van der Waals surface area contributed by atoms with E-state index in [2.05, 4.69) is 15.4 Å². The van der Waals surface area contributed by atoms with Crippen molar-refractivity contribution >= 4 is 53.8 Å². The van der Waals surface area contributed by atoms with Crippen LogP contribution in [0.2, 0.25) is 0 Å². The van der Waals surface area contributed by atoms with Crippen molar-refractivity contribution in [3.63, 3.8) is 0 Å². The SMILES string of the molecule is CS(=O)(=O)c1ccc2nc(NC(=O)c3cc(-c4cccs4)nn3-c3ccccc3)sc2c1. The zero-order valence-corrected chi connectivity index (χ0v) is 19.2. The summed E-state index contributed by atoms with van der Waals surface area (Å²) in [4.78, 5) is 18.8. The maximum Gasteiger partial charge on any atom is 0.276 e. The van der Waals surface area contributed by atoms with E-state index in [1.54, 1.807) is 34.2 Å². The number of thiophene rings is 1. The molecule has 5 aromatic rings. The van der Waals surface area contributed by atoms with Gasteiger partial charge in [-0.25, -0.2) is 18.1 Å². The van der Waals surface area contributed by atoms with Crippen molar-refractivity contribution in [1.29, 1.82) is 0 Å². The number of hydrogen-bond acceptors (Lipinski definition) is 7. The van der Waals surface area contributed by atoms with E-state index in [4.69, 9.17) is 0 Å². The summed E-state index contributed by atoms with van der Waals surface area (Å²) < 4.78 is 25.9. The van der Waals surface area contributed by atoms with Crippen LogP contribution in [0, 0.1) is 0 Å². The molecule has 2 aromatic carbocycles. The van der Waals surface area contributed by atoms with Crippen LogP contribution >= 0.6 is 22.7 Å². The number of hydrogen-bond donors (Lipinski definition) is 1. The molecule has 0 saturated carbocycles. The number of rotatable bonds is 5. The zero-order chi connectivity index (χ0) is 22.3. The van der Waals surface area contributed by atoms with Gasteiger partial charge >= 0.3 is 0 Å². The number of carbonyl (C=O) groups is 1. The van der Waals surface area contributed by atoms with Gasteiger partial charge in [0.25, 0.3) is 5.91 Å². The lowest BCUT2D eigenvalue weighted by atomic mass is 10.3. The van der Waals surface area contributed by atoms with E-state index in [-0.39, 0.29) is 10.8 Å². The molecule has 0 aliphatic carbocycles. The predicted octanol–water partition coefficient (Wildman–Crippen LogP) is 4.87. The maximum absolute atomic E-state index is 13.2. The standard InChI is InChI=1S/C22H16N4O3S3/c1-32(28,29)15-9-10-16-20(12-15)31-22(23-16)24-21(27)18-13-17(19-8-5-11-30-19)25-26(18)14-6-3-2-4-7-14/h2-13H,1H3,(H,23,24,27). The fourth-order valence-electron chi connectivity index (χ4n) is 3.20. The lowest BCUT2D eigenvalue weighted by Crippen LogP contribution is -2.16. The van der Waals surface area contributed by atoms with Crippen molar-refractivity contribution in [3.8, 4) is 16.3 Å². The monoisotopic (exact) mass is 480 g/mol. The molecule has 3 heterocycles. The van der Waals surface area contributed by atoms with E-state index in [9.17, 15) is 13.2 Å². The number of sulfone groups is 1. The molecule has 0 atom stereocenters. The first-order chi connectivity index (χ1) is 15.4. The van der Waals surface area contributed by atoms with Crippen LogP contribution in [0.1, 0.15) is 10.5 Å². The molecule has 1 N–H and O–H groups in total. The summed E-state index contributed by atoms with van der Waals surface area (Å²) in [7, 11) is -3.33. The highest BCUT2D eigenvalue weighted by atomic mass is 32.2. The van der Waals surface area contributed by atoms with E-state index in [0.29, 0.717) is 26.7 Å². The number of aromatic nitrogens is 3. The minimum absolute atomic E-state index is 0.217. The third-order valence-corrected chi connectivity index (χ3v) is 7.66. The molecule has 0 radical (unpaired) electrons. The molecule has 5 rings (SSSR count). The molecule has 0 saturated heterocycles. The summed E-state index contributed by atoms with van der Waals surface area (Å²) in [5, 5.41) is 9.83. The number of para-hydroxylation sites is 1. The molecular weight excluding hydrogens is 464 g/mol. The Bertz CT molecular complexity index is 1540. The minimum Gasteiger partial charge on any atom is -0.296 e. The van der Waals surface area contributed by atoms with Crippen molar-refractivity contribution in [1.82, 2.24) is 14.8 Å². The molecule has 7 nitrogen and oxygen atoms in total. The van der Waals surface area contributed by atoms with Gasteiger partial charge in [-0.2, -0.15) is 5.10 Å². The van der Waals surface area contributed by atoms with Gasteiger partial charge in [-0.3, -0.25) is 10.1 Å². The van der Waals surface area contributed by atoms with Crippen LogP contribution in [0.3, 0.4) is 0 Å². The van der Waals surface area contributed by atoms with Gasteiger partial charge in [-0.05, 0) is 47.8 Å². The molecule has 1 amide bonds. The van der Waals surface area contributed by atoms with Crippen molar-refractivity contribution in [3.05, 3.63) is 77.8 Å². The normalized spacial score (nSPS) is 11.7. The van der Waals surface area contributed by atoms with Gasteiger partial charge in [0.1, 0.15) is 11.4 Å². The lowest BCUT2D eigenvalue weighted by Gasteiger charge is -2.06. The summed E-state index contributed by atoms with van der Waals surface area (Å²) in [5.74, 6) is -0.355. The smallest absolute Gasteiger partial charge is 0.276 e. The number of nitrogens with one attached hydrogen (secondary N) is 1. The summed E-state index contributed by atoms with van der Waals surface area (Å²) >= 11 is 2.77. The van der Waals surface area contributed by atoms with Gasteiger partial charge in [0.05, 0.1) is 25.7 Å². The molecule has 0 aliphatic heterocycles. The van der Waals surface area contributed by atoms with Crippen molar-refractivity contribution in [2.45, 2.75) is 4.90 Å². The Kier molecular flexibility index (Phi) is 5.12. The topological polar surface area (TPSA) is 93.9 Å². The minimum atomic E-state index is -3.33. The van der Waals surface area contributed by atoms with E-state index >= 15 is 0 Å². The number of anilines is 1. The van der Waals surface area contributed by atoms with E-state index in [0.717, 1.165) is 16.8 Å². The number of benzene rings is 2.